The lowest BCUT2D eigenvalue weighted by molar-refractivity contribution is 0.0648. The fourth-order valence-corrected chi connectivity index (χ4v) is 5.73. The highest BCUT2D eigenvalue weighted by Crippen LogP contribution is 2.38. The number of aromatic hydroxyl groups is 1. The Kier molecular flexibility index (Phi) is 6.14. The van der Waals surface area contributed by atoms with E-state index >= 15 is 0 Å². The largest absolute Gasteiger partial charge is 0.502 e. The van der Waals surface area contributed by atoms with Gasteiger partial charge < -0.3 is 15.1 Å². The molecular formula is C31H26FN3O5. The van der Waals surface area contributed by atoms with Crippen molar-refractivity contribution < 1.29 is 24.2 Å². The Morgan fingerprint density at radius 1 is 0.975 bits per heavy atom. The molecule has 2 N–H and O–H groups in total. The molecule has 0 unspecified atom stereocenters. The Morgan fingerprint density at radius 3 is 2.20 bits per heavy atom. The molecule has 3 aromatic carbocycles. The first-order valence-corrected chi connectivity index (χ1v) is 12.9. The quantitative estimate of drug-likeness (QED) is 0.404. The third-order valence-corrected chi connectivity index (χ3v) is 7.71. The van der Waals surface area contributed by atoms with Gasteiger partial charge in [-0.1, -0.05) is 60.7 Å². The molecule has 0 bridgehead atoms. The van der Waals surface area contributed by atoms with Gasteiger partial charge >= 0.3 is 5.97 Å². The zero-order chi connectivity index (χ0) is 28.1. The van der Waals surface area contributed by atoms with Gasteiger partial charge in [0.05, 0.1) is 12.6 Å². The van der Waals surface area contributed by atoms with Crippen LogP contribution in [0.1, 0.15) is 60.3 Å². The van der Waals surface area contributed by atoms with Gasteiger partial charge in [0, 0.05) is 11.8 Å². The van der Waals surface area contributed by atoms with Crippen LogP contribution in [0.4, 0.5) is 4.39 Å². The molecule has 8 nitrogen and oxygen atoms in total. The first kappa shape index (κ1) is 25.4. The average molecular weight is 540 g/mol. The molecule has 0 atom stereocenters. The van der Waals surface area contributed by atoms with Crippen LogP contribution < -0.4 is 10.4 Å². The number of pyridine rings is 1. The number of hydrogen-bond donors (Lipinski definition) is 2. The predicted octanol–water partition coefficient (Wildman–Crippen LogP) is 4.14. The van der Waals surface area contributed by atoms with Gasteiger partial charge in [-0.2, -0.15) is 0 Å². The van der Waals surface area contributed by atoms with Crippen LogP contribution in [-0.2, 0) is 19.4 Å². The zero-order valence-electron chi connectivity index (χ0n) is 21.7. The van der Waals surface area contributed by atoms with Crippen LogP contribution in [0, 0.1) is 12.7 Å². The Hall–Kier alpha value is -4.92. The highest BCUT2D eigenvalue weighted by molar-refractivity contribution is 5.98. The number of carboxylic acid groups (broad SMARTS) is 1. The summed E-state index contributed by atoms with van der Waals surface area (Å²) in [7, 11) is 0. The van der Waals surface area contributed by atoms with Gasteiger partial charge in [-0.05, 0) is 53.6 Å². The molecule has 1 aliphatic carbocycles. The number of hydrogen-bond acceptors (Lipinski definition) is 5. The van der Waals surface area contributed by atoms with E-state index in [0.29, 0.717) is 0 Å². The summed E-state index contributed by atoms with van der Waals surface area (Å²) in [6.45, 7) is 1.59. The van der Waals surface area contributed by atoms with Crippen LogP contribution in [-0.4, -0.2) is 38.3 Å². The predicted molar refractivity (Wildman–Crippen MR) is 146 cm³/mol. The molecule has 1 amide bonds. The number of benzene rings is 3. The lowest BCUT2D eigenvalue weighted by Crippen LogP contribution is -2.55. The smallest absolute Gasteiger partial charge is 0.341 e. The van der Waals surface area contributed by atoms with Crippen LogP contribution in [0.5, 0.6) is 5.75 Å². The summed E-state index contributed by atoms with van der Waals surface area (Å²) in [5.74, 6) is -3.66. The molecule has 0 radical (unpaired) electrons. The number of amides is 1. The standard InChI is InChI=1S/C31H26FN3O5/c1-18-10-11-21(25(32)14-18)15-33-17-35(34-16-24(31(39)40)28(36)29(37)27(34)30(33)38)26-22-8-4-2-6-19(22)12-13-20-7-3-5-9-23(20)26/h2-11,14,16,26,37H,12-13,15,17H2,1H3,(H,39,40). The van der Waals surface area contributed by atoms with Crippen molar-refractivity contribution in [2.45, 2.75) is 32.4 Å². The summed E-state index contributed by atoms with van der Waals surface area (Å²) in [6, 6.07) is 20.0. The summed E-state index contributed by atoms with van der Waals surface area (Å²) < 4.78 is 16.2. The van der Waals surface area contributed by atoms with E-state index < -0.39 is 40.5 Å². The van der Waals surface area contributed by atoms with E-state index in [9.17, 15) is 29.0 Å². The molecule has 2 aliphatic rings. The minimum Gasteiger partial charge on any atom is -0.502 e. The molecule has 0 spiro atoms. The lowest BCUT2D eigenvalue weighted by atomic mass is 9.94. The van der Waals surface area contributed by atoms with Gasteiger partial charge in [0.15, 0.2) is 11.4 Å². The molecule has 1 aromatic heterocycles. The maximum Gasteiger partial charge on any atom is 0.341 e. The number of rotatable bonds is 4. The molecule has 202 valence electrons. The minimum atomic E-state index is -1.52. The Morgan fingerprint density at radius 2 is 1.60 bits per heavy atom. The second-order valence-corrected chi connectivity index (χ2v) is 10.2. The van der Waals surface area contributed by atoms with Crippen molar-refractivity contribution in [3.8, 4) is 5.75 Å². The molecule has 4 aromatic rings. The van der Waals surface area contributed by atoms with E-state index in [4.69, 9.17) is 0 Å². The molecule has 40 heavy (non-hydrogen) atoms. The van der Waals surface area contributed by atoms with E-state index in [2.05, 4.69) is 0 Å². The molecule has 0 fully saturated rings. The van der Waals surface area contributed by atoms with Crippen LogP contribution in [0.2, 0.25) is 0 Å². The van der Waals surface area contributed by atoms with Crippen molar-refractivity contribution >= 4 is 11.9 Å². The molecule has 6 rings (SSSR count). The lowest BCUT2D eigenvalue weighted by Gasteiger charge is -2.44. The van der Waals surface area contributed by atoms with Gasteiger partial charge in [0.25, 0.3) is 5.91 Å². The van der Waals surface area contributed by atoms with Gasteiger partial charge in [-0.3, -0.25) is 19.3 Å². The number of aromatic nitrogens is 1. The third-order valence-electron chi connectivity index (χ3n) is 7.71. The van der Waals surface area contributed by atoms with Crippen LogP contribution in [0.3, 0.4) is 0 Å². The molecule has 0 saturated heterocycles. The number of aryl methyl sites for hydroxylation is 3. The molecule has 9 heteroatoms. The van der Waals surface area contributed by atoms with E-state index in [1.807, 2.05) is 48.5 Å². The number of halogens is 1. The van der Waals surface area contributed by atoms with Crippen molar-refractivity contribution in [3.63, 3.8) is 0 Å². The van der Waals surface area contributed by atoms with Crippen LogP contribution in [0.25, 0.3) is 0 Å². The number of carbonyl (C=O) groups is 2. The molecule has 1 aliphatic heterocycles. The summed E-state index contributed by atoms with van der Waals surface area (Å²) in [5, 5.41) is 22.4. The second-order valence-electron chi connectivity index (χ2n) is 10.2. The van der Waals surface area contributed by atoms with Gasteiger partial charge in [-0.25, -0.2) is 9.18 Å². The number of fused-ring (bicyclic) bond motifs is 3. The highest BCUT2D eigenvalue weighted by atomic mass is 19.1. The zero-order valence-corrected chi connectivity index (χ0v) is 21.7. The van der Waals surface area contributed by atoms with Crippen molar-refractivity contribution in [3.05, 3.63) is 134 Å². The van der Waals surface area contributed by atoms with Gasteiger partial charge in [0.2, 0.25) is 5.43 Å². The Bertz CT molecular complexity index is 1700. The average Bonchev–Trinajstić information content (AvgIpc) is 3.10. The summed E-state index contributed by atoms with van der Waals surface area (Å²) in [4.78, 5) is 39.9. The normalized spacial score (nSPS) is 14.8. The van der Waals surface area contributed by atoms with E-state index in [1.54, 1.807) is 24.1 Å². The SMILES string of the molecule is Cc1ccc(CN2CN(C3c4ccccc4CCc4ccccc43)n3cc(C(=O)O)c(=O)c(O)c3C2=O)c(F)c1. The maximum absolute atomic E-state index is 14.9. The fraction of sp³-hybridized carbons (Fsp3) is 0.194. The first-order chi connectivity index (χ1) is 19.2. The van der Waals surface area contributed by atoms with Crippen molar-refractivity contribution in [2.75, 3.05) is 11.7 Å². The summed E-state index contributed by atoms with van der Waals surface area (Å²) in [5.41, 5.74) is 2.89. The van der Waals surface area contributed by atoms with Crippen LogP contribution >= 0.6 is 0 Å². The number of aromatic carboxylic acids is 1. The summed E-state index contributed by atoms with van der Waals surface area (Å²) in [6.07, 6.45) is 2.65. The van der Waals surface area contributed by atoms with E-state index in [0.717, 1.165) is 46.9 Å². The van der Waals surface area contributed by atoms with Crippen LogP contribution in [0.15, 0.2) is 77.7 Å². The van der Waals surface area contributed by atoms with Crippen molar-refractivity contribution in [1.82, 2.24) is 9.58 Å². The van der Waals surface area contributed by atoms with Gasteiger partial charge in [0.1, 0.15) is 18.0 Å². The van der Waals surface area contributed by atoms with Crippen molar-refractivity contribution in [2.24, 2.45) is 0 Å². The first-order valence-electron chi connectivity index (χ1n) is 12.9. The summed E-state index contributed by atoms with van der Waals surface area (Å²) >= 11 is 0. The monoisotopic (exact) mass is 539 g/mol. The van der Waals surface area contributed by atoms with E-state index in [-0.39, 0.29) is 24.5 Å². The van der Waals surface area contributed by atoms with E-state index in [1.165, 1.54) is 15.6 Å². The third kappa shape index (κ3) is 4.10. The maximum atomic E-state index is 14.9. The molecular weight excluding hydrogens is 513 g/mol. The molecule has 2 heterocycles. The number of carboxylic acids is 1. The van der Waals surface area contributed by atoms with Gasteiger partial charge in [-0.15, -0.1) is 0 Å². The molecule has 0 saturated carbocycles. The Balaban J connectivity index is 1.59. The second kappa shape index (κ2) is 9.68. The minimum absolute atomic E-state index is 0.0617. The number of nitrogens with zero attached hydrogens (tertiary/aromatic N) is 3. The van der Waals surface area contributed by atoms with Crippen molar-refractivity contribution in [1.29, 1.82) is 0 Å². The topological polar surface area (TPSA) is 103 Å². The fourth-order valence-electron chi connectivity index (χ4n) is 5.73. The Labute approximate surface area is 229 Å². The number of carbonyl (C=O) groups excluding carboxylic acids is 1. The highest BCUT2D eigenvalue weighted by Gasteiger charge is 2.39.